The highest BCUT2D eigenvalue weighted by molar-refractivity contribution is 9.10. The van der Waals surface area contributed by atoms with E-state index in [1.807, 2.05) is 54.7 Å². The largest absolute Gasteiger partial charge is 0.497 e. The van der Waals surface area contributed by atoms with Crippen molar-refractivity contribution in [1.29, 1.82) is 0 Å². The quantitative estimate of drug-likeness (QED) is 0.184. The second-order valence-electron chi connectivity index (χ2n) is 9.91. The predicted octanol–water partition coefficient (Wildman–Crippen LogP) is 8.23. The highest BCUT2D eigenvalue weighted by Crippen LogP contribution is 2.44. The van der Waals surface area contributed by atoms with Gasteiger partial charge in [0.15, 0.2) is 5.11 Å². The number of aryl methyl sites for hydroxylation is 1. The molecule has 3 aromatic carbocycles. The number of thiocarbonyl (C=S) groups is 1. The van der Waals surface area contributed by atoms with Gasteiger partial charge in [-0.3, -0.25) is 4.98 Å². The second kappa shape index (κ2) is 11.4. The molecule has 6 rings (SSSR count). The summed E-state index contributed by atoms with van der Waals surface area (Å²) in [6, 6.07) is 32.0. The molecular formula is C33H29BrN4O2S. The van der Waals surface area contributed by atoms with Crippen LogP contribution in [0.25, 0.3) is 5.69 Å². The first-order chi connectivity index (χ1) is 19.9. The summed E-state index contributed by atoms with van der Waals surface area (Å²) in [6.45, 7) is 4.32. The normalized spacial score (nSPS) is 16.5. The van der Waals surface area contributed by atoms with Crippen molar-refractivity contribution in [2.45, 2.75) is 25.9 Å². The van der Waals surface area contributed by atoms with E-state index in [0.29, 0.717) is 5.11 Å². The molecule has 1 N–H and O–H groups in total. The first kappa shape index (κ1) is 27.1. The molecule has 0 spiro atoms. The van der Waals surface area contributed by atoms with Gasteiger partial charge >= 0.3 is 0 Å². The van der Waals surface area contributed by atoms with Gasteiger partial charge in [-0.2, -0.15) is 0 Å². The molecule has 1 saturated heterocycles. The van der Waals surface area contributed by atoms with E-state index in [2.05, 4.69) is 93.1 Å². The van der Waals surface area contributed by atoms with Crippen LogP contribution in [0.15, 0.2) is 108 Å². The fourth-order valence-corrected chi connectivity index (χ4v) is 6.09. The summed E-state index contributed by atoms with van der Waals surface area (Å²) in [5.41, 5.74) is 6.53. The average molecular weight is 626 g/mol. The molecule has 0 saturated carbocycles. The second-order valence-corrected chi connectivity index (χ2v) is 11.2. The van der Waals surface area contributed by atoms with Gasteiger partial charge in [0.25, 0.3) is 0 Å². The van der Waals surface area contributed by atoms with Crippen molar-refractivity contribution in [2.24, 2.45) is 0 Å². The van der Waals surface area contributed by atoms with E-state index < -0.39 is 0 Å². The lowest BCUT2D eigenvalue weighted by atomic mass is 9.96. The maximum atomic E-state index is 6.08. The zero-order valence-corrected chi connectivity index (χ0v) is 25.3. The van der Waals surface area contributed by atoms with Crippen molar-refractivity contribution in [3.8, 4) is 22.9 Å². The molecule has 0 bridgehead atoms. The van der Waals surface area contributed by atoms with Crippen molar-refractivity contribution < 1.29 is 9.47 Å². The van der Waals surface area contributed by atoms with Gasteiger partial charge in [-0.15, -0.1) is 0 Å². The number of benzene rings is 3. The van der Waals surface area contributed by atoms with E-state index in [9.17, 15) is 0 Å². The van der Waals surface area contributed by atoms with Crippen molar-refractivity contribution in [1.82, 2.24) is 14.9 Å². The maximum absolute atomic E-state index is 6.08. The third kappa shape index (κ3) is 5.33. The minimum atomic E-state index is -0.127. The average Bonchev–Trinajstić information content (AvgIpc) is 3.49. The van der Waals surface area contributed by atoms with Crippen LogP contribution in [-0.2, 0) is 0 Å². The molecule has 5 aromatic rings. The van der Waals surface area contributed by atoms with Crippen LogP contribution < -0.4 is 19.7 Å². The number of hydrogen-bond acceptors (Lipinski definition) is 4. The van der Waals surface area contributed by atoms with Gasteiger partial charge in [-0.1, -0.05) is 22.0 Å². The molecule has 0 amide bonds. The number of halogens is 1. The molecular weight excluding hydrogens is 596 g/mol. The maximum Gasteiger partial charge on any atom is 0.174 e. The van der Waals surface area contributed by atoms with Crippen molar-refractivity contribution >= 4 is 38.9 Å². The van der Waals surface area contributed by atoms with E-state index in [0.717, 1.165) is 50.2 Å². The number of hydrogen-bond donors (Lipinski definition) is 1. The Balaban J connectivity index is 1.38. The van der Waals surface area contributed by atoms with E-state index in [-0.39, 0.29) is 12.1 Å². The third-order valence-electron chi connectivity index (χ3n) is 7.38. The number of anilines is 1. The van der Waals surface area contributed by atoms with Gasteiger partial charge < -0.3 is 24.3 Å². The summed E-state index contributed by atoms with van der Waals surface area (Å²) < 4.78 is 14.7. The number of rotatable bonds is 7. The number of ether oxygens (including phenoxy) is 2. The fraction of sp³-hybridized carbons (Fsp3) is 0.152. The summed E-state index contributed by atoms with van der Waals surface area (Å²) in [7, 11) is 1.65. The lowest BCUT2D eigenvalue weighted by Crippen LogP contribution is -2.29. The van der Waals surface area contributed by atoms with Crippen molar-refractivity contribution in [3.63, 3.8) is 0 Å². The van der Waals surface area contributed by atoms with E-state index in [1.165, 1.54) is 5.56 Å². The van der Waals surface area contributed by atoms with Crippen LogP contribution in [0.4, 0.5) is 5.69 Å². The van der Waals surface area contributed by atoms with Crippen LogP contribution in [0.1, 0.15) is 34.7 Å². The first-order valence-electron chi connectivity index (χ1n) is 13.3. The first-order valence-corrected chi connectivity index (χ1v) is 14.5. The summed E-state index contributed by atoms with van der Waals surface area (Å²) in [6.07, 6.45) is 1.83. The molecule has 1 fully saturated rings. The Labute approximate surface area is 253 Å². The molecule has 2 atom stereocenters. The molecule has 41 heavy (non-hydrogen) atoms. The Bertz CT molecular complexity index is 1670. The van der Waals surface area contributed by atoms with Crippen LogP contribution in [0.3, 0.4) is 0 Å². The fourth-order valence-electron chi connectivity index (χ4n) is 5.48. The van der Waals surface area contributed by atoms with Crippen molar-refractivity contribution in [3.05, 3.63) is 130 Å². The number of nitrogens with zero attached hydrogens (tertiary/aromatic N) is 3. The summed E-state index contributed by atoms with van der Waals surface area (Å²) in [4.78, 5) is 6.90. The van der Waals surface area contributed by atoms with Gasteiger partial charge in [-0.25, -0.2) is 0 Å². The minimum Gasteiger partial charge on any atom is -0.497 e. The molecule has 2 aromatic heterocycles. The van der Waals surface area contributed by atoms with Crippen molar-refractivity contribution in [2.75, 3.05) is 12.0 Å². The number of pyridine rings is 1. The molecule has 0 unspecified atom stereocenters. The summed E-state index contributed by atoms with van der Waals surface area (Å²) >= 11 is 9.52. The highest BCUT2D eigenvalue weighted by Gasteiger charge is 2.42. The highest BCUT2D eigenvalue weighted by atomic mass is 79.9. The summed E-state index contributed by atoms with van der Waals surface area (Å²) in [5, 5.41) is 4.23. The third-order valence-corrected chi connectivity index (χ3v) is 8.23. The van der Waals surface area contributed by atoms with Crippen LogP contribution in [-0.4, -0.2) is 21.8 Å². The monoisotopic (exact) mass is 624 g/mol. The van der Waals surface area contributed by atoms with Gasteiger partial charge in [0.1, 0.15) is 17.2 Å². The molecule has 8 heteroatoms. The zero-order valence-electron chi connectivity index (χ0n) is 22.9. The smallest absolute Gasteiger partial charge is 0.174 e. The van der Waals surface area contributed by atoms with Crippen LogP contribution >= 0.6 is 28.1 Å². The molecule has 0 radical (unpaired) electrons. The molecule has 6 nitrogen and oxygen atoms in total. The Hall–Kier alpha value is -4.14. The Morgan fingerprint density at radius 1 is 0.829 bits per heavy atom. The SMILES string of the molecule is COc1ccc(Oc2ccc(N3C(=S)N[C@@H](c4ccccn4)[C@@H]3c3cc(C)n(-c4ccc(Br)cc4)c3C)cc2)cc1. The molecule has 1 aliphatic rings. The Kier molecular flexibility index (Phi) is 7.51. The van der Waals surface area contributed by atoms with Crippen LogP contribution in [0.5, 0.6) is 17.2 Å². The van der Waals surface area contributed by atoms with E-state index in [1.54, 1.807) is 7.11 Å². The van der Waals surface area contributed by atoms with Gasteiger partial charge in [0.2, 0.25) is 0 Å². The molecule has 0 aliphatic carbocycles. The topological polar surface area (TPSA) is 51.6 Å². The molecule has 3 heterocycles. The molecule has 1 aliphatic heterocycles. The van der Waals surface area contributed by atoms with E-state index >= 15 is 0 Å². The van der Waals surface area contributed by atoms with Gasteiger partial charge in [0, 0.05) is 33.4 Å². The zero-order chi connectivity index (χ0) is 28.5. The Morgan fingerprint density at radius 3 is 2.10 bits per heavy atom. The number of nitrogens with one attached hydrogen (secondary N) is 1. The van der Waals surface area contributed by atoms with Crippen LogP contribution in [0, 0.1) is 13.8 Å². The molecule has 206 valence electrons. The predicted molar refractivity (Wildman–Crippen MR) is 170 cm³/mol. The standard InChI is InChI=1S/C33H29BrN4O2S/c1-21-20-29(22(2)37(21)24-9-7-23(34)8-10-24)32-31(30-6-4-5-19-35-30)36-33(41)38(32)25-11-13-27(14-12-25)40-28-17-15-26(39-3)16-18-28/h4-20,31-32H,1-3H3,(H,36,41)/t31-,32-/m0/s1. The minimum absolute atomic E-state index is 0.110. The van der Waals surface area contributed by atoms with E-state index in [4.69, 9.17) is 26.7 Å². The lowest BCUT2D eigenvalue weighted by Gasteiger charge is -2.28. The lowest BCUT2D eigenvalue weighted by molar-refractivity contribution is 0.413. The number of aromatic nitrogens is 2. The Morgan fingerprint density at radius 2 is 1.46 bits per heavy atom. The van der Waals surface area contributed by atoms with Gasteiger partial charge in [0.05, 0.1) is 24.9 Å². The van der Waals surface area contributed by atoms with Gasteiger partial charge in [-0.05, 0) is 123 Å². The van der Waals surface area contributed by atoms with Crippen LogP contribution in [0.2, 0.25) is 0 Å². The number of methoxy groups -OCH3 is 1. The summed E-state index contributed by atoms with van der Waals surface area (Å²) in [5.74, 6) is 2.27.